The Bertz CT molecular complexity index is 1150. The molecule has 0 aliphatic carbocycles. The number of hydrogen-bond acceptors (Lipinski definition) is 6. The summed E-state index contributed by atoms with van der Waals surface area (Å²) in [6.45, 7) is 2.35. The molecule has 0 aliphatic rings. The van der Waals surface area contributed by atoms with Crippen LogP contribution in [0, 0.1) is 11.3 Å². The number of carboxylic acids is 1. The van der Waals surface area contributed by atoms with E-state index in [9.17, 15) is 20.0 Å². The molecule has 3 rings (SSSR count). The van der Waals surface area contributed by atoms with E-state index in [-0.39, 0.29) is 16.9 Å². The van der Waals surface area contributed by atoms with Gasteiger partial charge in [0.15, 0.2) is 0 Å². The number of amides is 1. The summed E-state index contributed by atoms with van der Waals surface area (Å²) in [6.07, 6.45) is 1.31. The first-order valence-electron chi connectivity index (χ1n) is 9.07. The topological polar surface area (TPSA) is 115 Å². The zero-order valence-corrected chi connectivity index (χ0v) is 16.0. The lowest BCUT2D eigenvalue weighted by Gasteiger charge is -2.07. The van der Waals surface area contributed by atoms with Crippen molar-refractivity contribution in [3.63, 3.8) is 0 Å². The van der Waals surface area contributed by atoms with Gasteiger partial charge < -0.3 is 24.4 Å². The number of nitrogens with zero attached hydrogens (tertiary/aromatic N) is 1. The van der Waals surface area contributed by atoms with Gasteiger partial charge in [-0.1, -0.05) is 24.3 Å². The Hall–Kier alpha value is -4.31. The molecule has 0 fully saturated rings. The van der Waals surface area contributed by atoms with Crippen LogP contribution < -0.4 is 15.2 Å². The number of hydrogen-bond donors (Lipinski definition) is 1. The first-order valence-corrected chi connectivity index (χ1v) is 9.07. The predicted molar refractivity (Wildman–Crippen MR) is 108 cm³/mol. The van der Waals surface area contributed by atoms with Crippen LogP contribution in [-0.2, 0) is 4.79 Å². The first-order chi connectivity index (χ1) is 14.5. The largest absolute Gasteiger partial charge is 0.545 e. The molecule has 0 atom stereocenters. The second kappa shape index (κ2) is 9.26. The molecule has 0 aliphatic heterocycles. The lowest BCUT2D eigenvalue weighted by atomic mass is 10.1. The van der Waals surface area contributed by atoms with E-state index in [4.69, 9.17) is 9.15 Å². The minimum Gasteiger partial charge on any atom is -0.545 e. The summed E-state index contributed by atoms with van der Waals surface area (Å²) in [5.41, 5.74) is 0.895. The number of rotatable bonds is 7. The molecule has 0 unspecified atom stereocenters. The van der Waals surface area contributed by atoms with Crippen LogP contribution in [-0.4, -0.2) is 18.5 Å². The fourth-order valence-electron chi connectivity index (χ4n) is 2.70. The average Bonchev–Trinajstić information content (AvgIpc) is 3.21. The quantitative estimate of drug-likeness (QED) is 0.480. The number of nitriles is 1. The summed E-state index contributed by atoms with van der Waals surface area (Å²) >= 11 is 0. The summed E-state index contributed by atoms with van der Waals surface area (Å²) in [5.74, 6) is -0.610. The Labute approximate surface area is 172 Å². The summed E-state index contributed by atoms with van der Waals surface area (Å²) in [6, 6.07) is 18.0. The third-order valence-electron chi connectivity index (χ3n) is 4.06. The Balaban J connectivity index is 1.79. The maximum Gasteiger partial charge on any atom is 0.266 e. The number of anilines is 1. The molecule has 30 heavy (non-hydrogen) atoms. The van der Waals surface area contributed by atoms with Crippen molar-refractivity contribution in [2.24, 2.45) is 0 Å². The monoisotopic (exact) mass is 401 g/mol. The van der Waals surface area contributed by atoms with Crippen molar-refractivity contribution < 1.29 is 23.8 Å². The molecule has 2 aromatic carbocycles. The molecule has 1 heterocycles. The highest BCUT2D eigenvalue weighted by Crippen LogP contribution is 2.25. The average molecular weight is 401 g/mol. The predicted octanol–water partition coefficient (Wildman–Crippen LogP) is 3.25. The fourth-order valence-corrected chi connectivity index (χ4v) is 2.70. The first kappa shape index (κ1) is 20.4. The summed E-state index contributed by atoms with van der Waals surface area (Å²) in [4.78, 5) is 23.5. The van der Waals surface area contributed by atoms with E-state index in [1.165, 1.54) is 18.2 Å². The number of carbonyl (C=O) groups excluding carboxylic acids is 2. The maximum absolute atomic E-state index is 12.5. The zero-order chi connectivity index (χ0) is 21.5. The molecule has 7 heteroatoms. The molecule has 1 aromatic heterocycles. The Morgan fingerprint density at radius 2 is 1.97 bits per heavy atom. The van der Waals surface area contributed by atoms with Crippen LogP contribution >= 0.6 is 0 Å². The van der Waals surface area contributed by atoms with E-state index in [0.29, 0.717) is 29.4 Å². The van der Waals surface area contributed by atoms with Crippen molar-refractivity contribution in [1.82, 2.24) is 0 Å². The van der Waals surface area contributed by atoms with E-state index in [1.54, 1.807) is 48.5 Å². The van der Waals surface area contributed by atoms with E-state index in [0.717, 1.165) is 0 Å². The minimum atomic E-state index is -1.29. The van der Waals surface area contributed by atoms with Gasteiger partial charge in [-0.2, -0.15) is 5.26 Å². The minimum absolute atomic E-state index is 0.0207. The summed E-state index contributed by atoms with van der Waals surface area (Å²) in [5, 5.41) is 23.0. The van der Waals surface area contributed by atoms with Crippen LogP contribution in [0.2, 0.25) is 0 Å². The van der Waals surface area contributed by atoms with Crippen molar-refractivity contribution in [2.75, 3.05) is 11.9 Å². The summed E-state index contributed by atoms with van der Waals surface area (Å²) < 4.78 is 11.0. The standard InChI is InChI=1S/C23H18N2O5/c1-2-29-19-8-4-7-18(13-19)25-22(26)17(14-24)12-20-9-10-21(30-20)15-5-3-6-16(11-15)23(27)28/h3-13H,2H2,1H3,(H,25,26)(H,27,28)/p-1/b17-12+. The molecule has 0 spiro atoms. The third-order valence-corrected chi connectivity index (χ3v) is 4.06. The van der Waals surface area contributed by atoms with E-state index in [1.807, 2.05) is 13.0 Å². The lowest BCUT2D eigenvalue weighted by Crippen LogP contribution is -2.22. The van der Waals surface area contributed by atoms with Crippen molar-refractivity contribution >= 4 is 23.6 Å². The SMILES string of the molecule is CCOc1cccc(NC(=O)/C(C#N)=C/c2ccc(-c3cccc(C(=O)[O-])c3)o2)c1. The zero-order valence-electron chi connectivity index (χ0n) is 16.0. The van der Waals surface area contributed by atoms with Crippen LogP contribution in [0.5, 0.6) is 5.75 Å². The van der Waals surface area contributed by atoms with E-state index in [2.05, 4.69) is 5.32 Å². The molecule has 0 radical (unpaired) electrons. The van der Waals surface area contributed by atoms with Gasteiger partial charge in [0.05, 0.1) is 12.6 Å². The molecule has 0 bridgehead atoms. The number of nitrogens with one attached hydrogen (secondary N) is 1. The Morgan fingerprint density at radius 1 is 1.17 bits per heavy atom. The van der Waals surface area contributed by atoms with Gasteiger partial charge in [0.25, 0.3) is 5.91 Å². The number of aromatic carboxylic acids is 1. The van der Waals surface area contributed by atoms with Crippen LogP contribution in [0.4, 0.5) is 5.69 Å². The molecule has 1 amide bonds. The number of benzene rings is 2. The highest BCUT2D eigenvalue weighted by Gasteiger charge is 2.12. The van der Waals surface area contributed by atoms with Gasteiger partial charge in [-0.15, -0.1) is 0 Å². The van der Waals surface area contributed by atoms with Crippen LogP contribution in [0.1, 0.15) is 23.0 Å². The van der Waals surface area contributed by atoms with Crippen molar-refractivity contribution in [2.45, 2.75) is 6.92 Å². The lowest BCUT2D eigenvalue weighted by molar-refractivity contribution is -0.255. The third kappa shape index (κ3) is 4.94. The van der Waals surface area contributed by atoms with E-state index >= 15 is 0 Å². The van der Waals surface area contributed by atoms with Crippen LogP contribution in [0.15, 0.2) is 70.7 Å². The van der Waals surface area contributed by atoms with Gasteiger partial charge in [-0.05, 0) is 42.8 Å². The highest BCUT2D eigenvalue weighted by atomic mass is 16.5. The molecule has 3 aromatic rings. The summed E-state index contributed by atoms with van der Waals surface area (Å²) in [7, 11) is 0. The molecule has 150 valence electrons. The maximum atomic E-state index is 12.5. The van der Waals surface area contributed by atoms with Gasteiger partial charge in [0.2, 0.25) is 0 Å². The number of carbonyl (C=O) groups is 2. The number of carboxylic acid groups (broad SMARTS) is 1. The van der Waals surface area contributed by atoms with Crippen molar-refractivity contribution in [3.8, 4) is 23.1 Å². The fraction of sp³-hybridized carbons (Fsp3) is 0.0870. The Kier molecular flexibility index (Phi) is 6.30. The van der Waals surface area contributed by atoms with Crippen LogP contribution in [0.3, 0.4) is 0 Å². The van der Waals surface area contributed by atoms with Crippen LogP contribution in [0.25, 0.3) is 17.4 Å². The van der Waals surface area contributed by atoms with Gasteiger partial charge in [-0.25, -0.2) is 0 Å². The van der Waals surface area contributed by atoms with Crippen molar-refractivity contribution in [3.05, 3.63) is 77.6 Å². The van der Waals surface area contributed by atoms with Gasteiger partial charge >= 0.3 is 0 Å². The molecular formula is C23H17N2O5-. The van der Waals surface area contributed by atoms with Gasteiger partial charge in [0, 0.05) is 23.4 Å². The molecule has 0 saturated carbocycles. The van der Waals surface area contributed by atoms with E-state index < -0.39 is 11.9 Å². The molecule has 7 nitrogen and oxygen atoms in total. The molecular weight excluding hydrogens is 384 g/mol. The van der Waals surface area contributed by atoms with Crippen molar-refractivity contribution in [1.29, 1.82) is 5.26 Å². The molecule has 0 saturated heterocycles. The van der Waals surface area contributed by atoms with Gasteiger partial charge in [0.1, 0.15) is 28.9 Å². The van der Waals surface area contributed by atoms with Gasteiger partial charge in [-0.3, -0.25) is 4.79 Å². The number of furan rings is 1. The second-order valence-corrected chi connectivity index (χ2v) is 6.16. The number of ether oxygens (including phenoxy) is 1. The highest BCUT2D eigenvalue weighted by molar-refractivity contribution is 6.09. The Morgan fingerprint density at radius 3 is 2.70 bits per heavy atom. The smallest absolute Gasteiger partial charge is 0.266 e. The normalized spacial score (nSPS) is 10.9. The second-order valence-electron chi connectivity index (χ2n) is 6.16. The molecule has 1 N–H and O–H groups in total.